The highest BCUT2D eigenvalue weighted by Gasteiger charge is 2.37. The minimum atomic E-state index is -3.21. The van der Waals surface area contributed by atoms with Crippen molar-refractivity contribution in [3.63, 3.8) is 0 Å². The number of hydrogen-bond acceptors (Lipinski definition) is 3. The van der Waals surface area contributed by atoms with Crippen LogP contribution in [-0.2, 0) is 14.8 Å². The summed E-state index contributed by atoms with van der Waals surface area (Å²) in [6.45, 7) is 1.00. The lowest BCUT2D eigenvalue weighted by molar-refractivity contribution is -0.124. The Morgan fingerprint density at radius 2 is 2.18 bits per heavy atom. The summed E-state index contributed by atoms with van der Waals surface area (Å²) in [7, 11) is -3.21. The van der Waals surface area contributed by atoms with Crippen LogP contribution in [0.5, 0.6) is 0 Å². The molecule has 0 aliphatic carbocycles. The van der Waals surface area contributed by atoms with Crippen LogP contribution in [0, 0.1) is 5.92 Å². The van der Waals surface area contributed by atoms with Crippen molar-refractivity contribution in [3.05, 3.63) is 0 Å². The van der Waals surface area contributed by atoms with Gasteiger partial charge in [0.1, 0.15) is 0 Å². The van der Waals surface area contributed by atoms with E-state index in [-0.39, 0.29) is 29.5 Å². The Morgan fingerprint density at radius 3 is 2.88 bits per heavy atom. The molecule has 0 spiro atoms. The van der Waals surface area contributed by atoms with Gasteiger partial charge in [0.25, 0.3) is 0 Å². The normalized spacial score (nSPS) is 30.8. The second-order valence-corrected chi connectivity index (χ2v) is 7.09. The summed E-state index contributed by atoms with van der Waals surface area (Å²) in [5.41, 5.74) is 0. The van der Waals surface area contributed by atoms with Gasteiger partial charge in [0.2, 0.25) is 15.9 Å². The van der Waals surface area contributed by atoms with E-state index >= 15 is 0 Å². The fourth-order valence-electron chi connectivity index (χ4n) is 2.56. The Morgan fingerprint density at radius 1 is 1.41 bits per heavy atom. The lowest BCUT2D eigenvalue weighted by Crippen LogP contribution is -2.55. The SMILES string of the molecule is O=C1CCC2CN(S(=O)(=O)CCCl)CCC2N1. The number of hydrogen-bond donors (Lipinski definition) is 1. The third kappa shape index (κ3) is 2.92. The molecule has 2 heterocycles. The molecule has 17 heavy (non-hydrogen) atoms. The number of carbonyl (C=O) groups is 1. The van der Waals surface area contributed by atoms with Gasteiger partial charge in [0.15, 0.2) is 0 Å². The Hall–Kier alpha value is -0.330. The van der Waals surface area contributed by atoms with Gasteiger partial charge in [-0.2, -0.15) is 0 Å². The second-order valence-electron chi connectivity index (χ2n) is 4.62. The molecule has 1 amide bonds. The molecule has 0 radical (unpaired) electrons. The maximum atomic E-state index is 11.9. The van der Waals surface area contributed by atoms with E-state index in [0.29, 0.717) is 25.9 Å². The summed E-state index contributed by atoms with van der Waals surface area (Å²) in [6, 6.07) is 0.152. The molecular weight excluding hydrogens is 264 g/mol. The molecule has 1 N–H and O–H groups in total. The first-order chi connectivity index (χ1) is 8.03. The average Bonchev–Trinajstić information content (AvgIpc) is 2.28. The van der Waals surface area contributed by atoms with E-state index in [4.69, 9.17) is 11.6 Å². The first-order valence-corrected chi connectivity index (χ1v) is 8.00. The third-order valence-corrected chi connectivity index (χ3v) is 5.77. The third-order valence-electron chi connectivity index (χ3n) is 3.51. The molecule has 0 saturated carbocycles. The molecule has 2 fully saturated rings. The smallest absolute Gasteiger partial charge is 0.220 e. The van der Waals surface area contributed by atoms with Crippen molar-refractivity contribution in [2.75, 3.05) is 24.7 Å². The molecule has 2 unspecified atom stereocenters. The highest BCUT2D eigenvalue weighted by molar-refractivity contribution is 7.89. The summed E-state index contributed by atoms with van der Waals surface area (Å²) in [5, 5.41) is 2.94. The zero-order chi connectivity index (χ0) is 12.5. The zero-order valence-electron chi connectivity index (χ0n) is 9.56. The monoisotopic (exact) mass is 280 g/mol. The van der Waals surface area contributed by atoms with Gasteiger partial charge < -0.3 is 5.32 Å². The fourth-order valence-corrected chi connectivity index (χ4v) is 4.40. The molecule has 7 heteroatoms. The Balaban J connectivity index is 2.01. The number of alkyl halides is 1. The van der Waals surface area contributed by atoms with Gasteiger partial charge in [-0.25, -0.2) is 12.7 Å². The molecule has 2 atom stereocenters. The van der Waals surface area contributed by atoms with Crippen molar-refractivity contribution in [1.82, 2.24) is 9.62 Å². The number of sulfonamides is 1. The van der Waals surface area contributed by atoms with Crippen LogP contribution in [-0.4, -0.2) is 49.4 Å². The molecule has 2 saturated heterocycles. The predicted molar refractivity (Wildman–Crippen MR) is 65.4 cm³/mol. The van der Waals surface area contributed by atoms with Gasteiger partial charge in [-0.3, -0.25) is 4.79 Å². The van der Waals surface area contributed by atoms with Crippen LogP contribution >= 0.6 is 11.6 Å². The molecule has 0 aromatic heterocycles. The van der Waals surface area contributed by atoms with Gasteiger partial charge in [-0.05, 0) is 18.8 Å². The van der Waals surface area contributed by atoms with Crippen LogP contribution in [0.1, 0.15) is 19.3 Å². The van der Waals surface area contributed by atoms with Gasteiger partial charge in [-0.15, -0.1) is 11.6 Å². The standard InChI is InChI=1S/C10H17ClN2O3S/c11-4-6-17(15,16)13-5-3-9-8(7-13)1-2-10(14)12-9/h8-9H,1-7H2,(H,12,14). The number of carbonyl (C=O) groups excluding carboxylic acids is 1. The highest BCUT2D eigenvalue weighted by Crippen LogP contribution is 2.26. The van der Waals surface area contributed by atoms with Crippen molar-refractivity contribution >= 4 is 27.5 Å². The summed E-state index contributed by atoms with van der Waals surface area (Å²) < 4.78 is 25.3. The Kier molecular flexibility index (Phi) is 3.95. The molecule has 5 nitrogen and oxygen atoms in total. The quantitative estimate of drug-likeness (QED) is 0.749. The number of nitrogens with one attached hydrogen (secondary N) is 1. The number of rotatable bonds is 3. The number of piperidine rings is 2. The fraction of sp³-hybridized carbons (Fsp3) is 0.900. The second kappa shape index (κ2) is 5.12. The maximum absolute atomic E-state index is 11.9. The molecule has 0 aromatic carbocycles. The molecular formula is C10H17ClN2O3S. The lowest BCUT2D eigenvalue weighted by Gasteiger charge is -2.40. The molecule has 0 aromatic rings. The summed E-state index contributed by atoms with van der Waals surface area (Å²) >= 11 is 5.50. The number of nitrogens with zero attached hydrogens (tertiary/aromatic N) is 1. The Labute approximate surface area is 107 Å². The highest BCUT2D eigenvalue weighted by atomic mass is 35.5. The van der Waals surface area contributed by atoms with Crippen molar-refractivity contribution < 1.29 is 13.2 Å². The minimum Gasteiger partial charge on any atom is -0.353 e. The molecule has 98 valence electrons. The van der Waals surface area contributed by atoms with Gasteiger partial charge in [0, 0.05) is 31.4 Å². The first kappa shape index (κ1) is 13.1. The van der Waals surface area contributed by atoms with Crippen molar-refractivity contribution in [3.8, 4) is 0 Å². The predicted octanol–water partition coefficient (Wildman–Crippen LogP) is 0.156. The van der Waals surface area contributed by atoms with Crippen LogP contribution in [0.2, 0.25) is 0 Å². The van der Waals surface area contributed by atoms with Crippen molar-refractivity contribution in [2.24, 2.45) is 5.92 Å². The van der Waals surface area contributed by atoms with Crippen molar-refractivity contribution in [1.29, 1.82) is 0 Å². The first-order valence-electron chi connectivity index (χ1n) is 5.86. The lowest BCUT2D eigenvalue weighted by atomic mass is 9.86. The van der Waals surface area contributed by atoms with E-state index in [1.165, 1.54) is 4.31 Å². The van der Waals surface area contributed by atoms with Crippen molar-refractivity contribution in [2.45, 2.75) is 25.3 Å². The van der Waals surface area contributed by atoms with Crippen LogP contribution in [0.25, 0.3) is 0 Å². The maximum Gasteiger partial charge on any atom is 0.220 e. The van der Waals surface area contributed by atoms with E-state index in [1.807, 2.05) is 0 Å². The van der Waals surface area contributed by atoms with E-state index in [2.05, 4.69) is 5.32 Å². The number of fused-ring (bicyclic) bond motifs is 1. The zero-order valence-corrected chi connectivity index (χ0v) is 11.1. The Bertz CT molecular complexity index is 398. The van der Waals surface area contributed by atoms with E-state index in [9.17, 15) is 13.2 Å². The average molecular weight is 281 g/mol. The number of halogens is 1. The molecule has 2 rings (SSSR count). The van der Waals surface area contributed by atoms with Crippen LogP contribution in [0.4, 0.5) is 0 Å². The number of amides is 1. The molecule has 2 aliphatic rings. The largest absolute Gasteiger partial charge is 0.353 e. The van der Waals surface area contributed by atoms with Gasteiger partial charge >= 0.3 is 0 Å². The molecule has 0 bridgehead atoms. The van der Waals surface area contributed by atoms with Crippen LogP contribution in [0.3, 0.4) is 0 Å². The van der Waals surface area contributed by atoms with E-state index in [0.717, 1.165) is 6.42 Å². The summed E-state index contributed by atoms with van der Waals surface area (Å²) in [6.07, 6.45) is 1.99. The van der Waals surface area contributed by atoms with Crippen LogP contribution in [0.15, 0.2) is 0 Å². The van der Waals surface area contributed by atoms with Gasteiger partial charge in [-0.1, -0.05) is 0 Å². The summed E-state index contributed by atoms with van der Waals surface area (Å²) in [5.74, 6) is 0.469. The van der Waals surface area contributed by atoms with Gasteiger partial charge in [0.05, 0.1) is 5.75 Å². The summed E-state index contributed by atoms with van der Waals surface area (Å²) in [4.78, 5) is 11.2. The van der Waals surface area contributed by atoms with E-state index < -0.39 is 10.0 Å². The minimum absolute atomic E-state index is 0.00169. The van der Waals surface area contributed by atoms with Crippen LogP contribution < -0.4 is 5.32 Å². The topological polar surface area (TPSA) is 66.5 Å². The molecule has 2 aliphatic heterocycles. The van der Waals surface area contributed by atoms with E-state index in [1.54, 1.807) is 0 Å².